The third kappa shape index (κ3) is 4.61. The van der Waals surface area contributed by atoms with Crippen LogP contribution < -0.4 is 0 Å². The molecule has 34 heavy (non-hydrogen) atoms. The van der Waals surface area contributed by atoms with Crippen LogP contribution in [0.15, 0.2) is 60.9 Å². The van der Waals surface area contributed by atoms with Crippen molar-refractivity contribution in [2.45, 2.75) is 31.7 Å². The summed E-state index contributed by atoms with van der Waals surface area (Å²) in [5.41, 5.74) is 3.73. The van der Waals surface area contributed by atoms with Gasteiger partial charge in [-0.15, -0.1) is 0 Å². The molecule has 2 aromatic heterocycles. The largest absolute Gasteiger partial charge is 0.342 e. The van der Waals surface area contributed by atoms with Crippen molar-refractivity contribution >= 4 is 17.5 Å². The number of amides is 1. The van der Waals surface area contributed by atoms with Crippen LogP contribution in [0, 0.1) is 5.82 Å². The van der Waals surface area contributed by atoms with Crippen LogP contribution in [0.5, 0.6) is 0 Å². The van der Waals surface area contributed by atoms with Crippen LogP contribution in [-0.2, 0) is 13.5 Å². The number of carbonyl (C=O) groups is 1. The number of aromatic nitrogens is 4. The summed E-state index contributed by atoms with van der Waals surface area (Å²) < 4.78 is 15.1. The van der Waals surface area contributed by atoms with Crippen molar-refractivity contribution in [3.05, 3.63) is 83.3 Å². The number of likely N-dealkylation sites (tertiary alicyclic amines) is 1. The van der Waals surface area contributed by atoms with Crippen LogP contribution in [0.1, 0.15) is 35.6 Å². The number of benzene rings is 2. The van der Waals surface area contributed by atoms with E-state index < -0.39 is 0 Å². The van der Waals surface area contributed by atoms with Gasteiger partial charge in [-0.2, -0.15) is 5.10 Å². The van der Waals surface area contributed by atoms with Crippen molar-refractivity contribution in [1.82, 2.24) is 24.6 Å². The number of halogens is 2. The fourth-order valence-electron chi connectivity index (χ4n) is 4.60. The molecule has 2 aromatic carbocycles. The van der Waals surface area contributed by atoms with E-state index in [1.807, 2.05) is 35.4 Å². The van der Waals surface area contributed by atoms with E-state index in [9.17, 15) is 9.18 Å². The molecule has 0 saturated carbocycles. The molecular formula is C26H25ClFN5O. The number of nitrogens with zero attached hydrogens (tertiary/aromatic N) is 4. The van der Waals surface area contributed by atoms with E-state index in [1.54, 1.807) is 30.1 Å². The molecule has 0 unspecified atom stereocenters. The van der Waals surface area contributed by atoms with Gasteiger partial charge in [-0.05, 0) is 49.1 Å². The Morgan fingerprint density at radius 1 is 1.18 bits per heavy atom. The molecule has 0 radical (unpaired) electrons. The van der Waals surface area contributed by atoms with E-state index in [1.165, 1.54) is 12.1 Å². The van der Waals surface area contributed by atoms with Gasteiger partial charge in [0.05, 0.1) is 11.9 Å². The third-order valence-corrected chi connectivity index (χ3v) is 6.50. The van der Waals surface area contributed by atoms with E-state index in [2.05, 4.69) is 15.1 Å². The van der Waals surface area contributed by atoms with Gasteiger partial charge in [-0.3, -0.25) is 9.48 Å². The van der Waals surface area contributed by atoms with Crippen molar-refractivity contribution in [2.24, 2.45) is 7.05 Å². The Balaban J connectivity index is 1.39. The maximum absolute atomic E-state index is 13.7. The number of carbonyl (C=O) groups excluding carboxylic acids is 1. The summed E-state index contributed by atoms with van der Waals surface area (Å²) in [6, 6.07) is 13.8. The highest BCUT2D eigenvalue weighted by molar-refractivity contribution is 6.30. The standard InChI is InChI=1S/C26H25ClFN5O/c1-32-16-22(17-8-10-20(28)11-9-17)25(31-32)26(34)33-12-3-2-7-21(33)14-24-29-15-23(30-24)18-5-4-6-19(27)13-18/h4-6,8-11,13,15-16,21H,2-3,7,12,14H2,1H3,(H,29,30)/t21-/m0/s1. The Hall–Kier alpha value is -3.45. The monoisotopic (exact) mass is 477 g/mol. The SMILES string of the molecule is Cn1cc(-c2ccc(F)cc2)c(C(=O)N2CCCC[C@H]2Cc2ncc(-c3cccc(Cl)c3)[nH]2)n1. The number of nitrogens with one attached hydrogen (secondary N) is 1. The summed E-state index contributed by atoms with van der Waals surface area (Å²) >= 11 is 6.13. The normalized spacial score (nSPS) is 16.1. The fraction of sp³-hybridized carbons (Fsp3) is 0.269. The van der Waals surface area contributed by atoms with Crippen molar-refractivity contribution in [1.29, 1.82) is 0 Å². The van der Waals surface area contributed by atoms with Gasteiger partial charge in [0.15, 0.2) is 5.69 Å². The Kier molecular flexibility index (Phi) is 6.20. The van der Waals surface area contributed by atoms with Crippen molar-refractivity contribution < 1.29 is 9.18 Å². The predicted octanol–water partition coefficient (Wildman–Crippen LogP) is 5.51. The second-order valence-electron chi connectivity index (χ2n) is 8.68. The highest BCUT2D eigenvalue weighted by Crippen LogP contribution is 2.28. The maximum Gasteiger partial charge on any atom is 0.275 e. The van der Waals surface area contributed by atoms with E-state index in [4.69, 9.17) is 11.6 Å². The van der Waals surface area contributed by atoms with Gasteiger partial charge in [0.1, 0.15) is 11.6 Å². The number of imidazole rings is 1. The Morgan fingerprint density at radius 2 is 2.00 bits per heavy atom. The number of H-pyrrole nitrogens is 1. The first-order valence-electron chi connectivity index (χ1n) is 11.4. The van der Waals surface area contributed by atoms with Gasteiger partial charge in [0, 0.05) is 48.4 Å². The minimum absolute atomic E-state index is 0.0164. The molecule has 3 heterocycles. The third-order valence-electron chi connectivity index (χ3n) is 6.27. The zero-order chi connectivity index (χ0) is 23.7. The Bertz CT molecular complexity index is 1310. The highest BCUT2D eigenvalue weighted by atomic mass is 35.5. The number of piperidine rings is 1. The quantitative estimate of drug-likeness (QED) is 0.412. The summed E-state index contributed by atoms with van der Waals surface area (Å²) in [6.07, 6.45) is 7.16. The molecule has 1 fully saturated rings. The molecule has 0 spiro atoms. The first kappa shape index (κ1) is 22.3. The molecule has 4 aromatic rings. The molecule has 1 atom stereocenters. The topological polar surface area (TPSA) is 66.8 Å². The molecule has 1 amide bonds. The van der Waals surface area contributed by atoms with Crippen LogP contribution in [0.3, 0.4) is 0 Å². The van der Waals surface area contributed by atoms with Crippen LogP contribution in [0.2, 0.25) is 5.02 Å². The molecule has 174 valence electrons. The van der Waals surface area contributed by atoms with Crippen LogP contribution >= 0.6 is 11.6 Å². The zero-order valence-corrected chi connectivity index (χ0v) is 19.6. The summed E-state index contributed by atoms with van der Waals surface area (Å²) in [4.78, 5) is 23.5. The van der Waals surface area contributed by atoms with Crippen molar-refractivity contribution in [3.8, 4) is 22.4 Å². The molecule has 1 saturated heterocycles. The number of rotatable bonds is 5. The lowest BCUT2D eigenvalue weighted by Crippen LogP contribution is -2.45. The van der Waals surface area contributed by atoms with E-state index in [0.29, 0.717) is 29.2 Å². The molecular weight excluding hydrogens is 453 g/mol. The molecule has 1 aliphatic rings. The molecule has 6 nitrogen and oxygen atoms in total. The van der Waals surface area contributed by atoms with E-state index in [-0.39, 0.29) is 17.8 Å². The average molecular weight is 478 g/mol. The van der Waals surface area contributed by atoms with Gasteiger partial charge in [-0.1, -0.05) is 35.9 Å². The number of aryl methyl sites for hydroxylation is 1. The number of aromatic amines is 1. The summed E-state index contributed by atoms with van der Waals surface area (Å²) in [7, 11) is 1.79. The smallest absolute Gasteiger partial charge is 0.275 e. The first-order chi connectivity index (χ1) is 16.5. The first-order valence-corrected chi connectivity index (χ1v) is 11.8. The van der Waals surface area contributed by atoms with Crippen LogP contribution in [0.4, 0.5) is 4.39 Å². The second-order valence-corrected chi connectivity index (χ2v) is 9.11. The van der Waals surface area contributed by atoms with Gasteiger partial charge in [-0.25, -0.2) is 9.37 Å². The molecule has 0 bridgehead atoms. The number of hydrogen-bond acceptors (Lipinski definition) is 3. The van der Waals surface area contributed by atoms with Crippen molar-refractivity contribution in [3.63, 3.8) is 0 Å². The lowest BCUT2D eigenvalue weighted by Gasteiger charge is -2.35. The molecule has 5 rings (SSSR count). The minimum Gasteiger partial charge on any atom is -0.342 e. The number of hydrogen-bond donors (Lipinski definition) is 1. The fourth-order valence-corrected chi connectivity index (χ4v) is 4.79. The van der Waals surface area contributed by atoms with Gasteiger partial charge >= 0.3 is 0 Å². The maximum atomic E-state index is 13.7. The summed E-state index contributed by atoms with van der Waals surface area (Å²) in [6.45, 7) is 0.671. The summed E-state index contributed by atoms with van der Waals surface area (Å²) in [5, 5.41) is 5.15. The second kappa shape index (κ2) is 9.43. The average Bonchev–Trinajstić information content (AvgIpc) is 3.46. The molecule has 1 N–H and O–H groups in total. The zero-order valence-electron chi connectivity index (χ0n) is 18.8. The lowest BCUT2D eigenvalue weighted by molar-refractivity contribution is 0.0605. The Labute approximate surface area is 202 Å². The molecule has 8 heteroatoms. The summed E-state index contributed by atoms with van der Waals surface area (Å²) in [5.74, 6) is 0.415. The lowest BCUT2D eigenvalue weighted by atomic mass is 9.97. The predicted molar refractivity (Wildman–Crippen MR) is 130 cm³/mol. The molecule has 1 aliphatic heterocycles. The minimum atomic E-state index is -0.313. The highest BCUT2D eigenvalue weighted by Gasteiger charge is 2.31. The van der Waals surface area contributed by atoms with Crippen LogP contribution in [-0.4, -0.2) is 43.1 Å². The van der Waals surface area contributed by atoms with Gasteiger partial charge < -0.3 is 9.88 Å². The van der Waals surface area contributed by atoms with E-state index in [0.717, 1.165) is 41.9 Å². The van der Waals surface area contributed by atoms with Crippen LogP contribution in [0.25, 0.3) is 22.4 Å². The van der Waals surface area contributed by atoms with E-state index >= 15 is 0 Å². The van der Waals surface area contributed by atoms with Gasteiger partial charge in [0.2, 0.25) is 0 Å². The Morgan fingerprint density at radius 3 is 2.79 bits per heavy atom. The van der Waals surface area contributed by atoms with Crippen molar-refractivity contribution in [2.75, 3.05) is 6.54 Å². The molecule has 0 aliphatic carbocycles. The van der Waals surface area contributed by atoms with Gasteiger partial charge in [0.25, 0.3) is 5.91 Å².